The molecule has 3 aromatic rings. The minimum atomic E-state index is -0.390. The average molecular weight is 1160 g/mol. The molecule has 0 aliphatic carbocycles. The summed E-state index contributed by atoms with van der Waals surface area (Å²) >= 11 is 0. The topological polar surface area (TPSA) is 310 Å². The van der Waals surface area contributed by atoms with Gasteiger partial charge >= 0.3 is 0 Å². The average Bonchev–Trinajstić information content (AvgIpc) is 2.26. The van der Waals surface area contributed by atoms with Gasteiger partial charge in [0.2, 0.25) is 5.91 Å². The van der Waals surface area contributed by atoms with Crippen molar-refractivity contribution in [2.75, 3.05) is 118 Å². The number of hydrogen-bond donors (Lipinski definition) is 11. The molecule has 3 amide bonds. The first kappa shape index (κ1) is 69.4. The molecule has 84 heavy (non-hydrogen) atoms. The van der Waals surface area contributed by atoms with E-state index in [9.17, 15) is 4.79 Å². The summed E-state index contributed by atoms with van der Waals surface area (Å²) in [5.41, 5.74) is 46.5. The maximum atomic E-state index is 15.6. The molecule has 19 heteroatoms. The van der Waals surface area contributed by atoms with Crippen molar-refractivity contribution < 1.29 is 14.4 Å². The zero-order valence-corrected chi connectivity index (χ0v) is 52.3. The van der Waals surface area contributed by atoms with Crippen LogP contribution < -0.4 is 50.4 Å². The number of carbonyl (C=O) groups is 3. The van der Waals surface area contributed by atoms with Gasteiger partial charge < -0.3 is 75.0 Å². The van der Waals surface area contributed by atoms with Gasteiger partial charge in [-0.1, -0.05) is 32.9 Å². The summed E-state index contributed by atoms with van der Waals surface area (Å²) < 4.78 is 0. The second-order valence-electron chi connectivity index (χ2n) is 23.2. The van der Waals surface area contributed by atoms with Crippen LogP contribution in [0.3, 0.4) is 0 Å². The normalized spacial score (nSPS) is 14.4. The molecule has 2 aliphatic heterocycles. The first-order chi connectivity index (χ1) is 40.8. The molecule has 2 atom stereocenters. The number of aryl methyl sites for hydroxylation is 3. The number of amides is 3. The molecule has 8 bridgehead atoms. The molecule has 0 aromatic carbocycles. The fraction of sp³-hybridized carbons (Fsp3) is 0.646. The molecule has 19 nitrogen and oxygen atoms in total. The molecule has 0 spiro atoms. The molecule has 468 valence electrons. The highest BCUT2D eigenvalue weighted by Gasteiger charge is 2.37. The second-order valence-corrected chi connectivity index (χ2v) is 23.2. The van der Waals surface area contributed by atoms with Crippen LogP contribution >= 0.6 is 0 Å². The Bertz CT molecular complexity index is 2730. The number of allylic oxidation sites excluding steroid dienone is 1. The lowest BCUT2D eigenvalue weighted by atomic mass is 9.84. The predicted octanol–water partition coefficient (Wildman–Crippen LogP) is 6.82. The van der Waals surface area contributed by atoms with Gasteiger partial charge in [0, 0.05) is 77.8 Å². The smallest absolute Gasteiger partial charge is 0.255 e. The summed E-state index contributed by atoms with van der Waals surface area (Å²) in [5.74, 6) is -1.36. The summed E-state index contributed by atoms with van der Waals surface area (Å²) in [4.78, 5) is 70.4. The summed E-state index contributed by atoms with van der Waals surface area (Å²) in [7, 11) is 0. The van der Waals surface area contributed by atoms with Crippen LogP contribution in [0.5, 0.6) is 0 Å². The minimum absolute atomic E-state index is 0.0792. The van der Waals surface area contributed by atoms with Crippen LogP contribution in [0.4, 0.5) is 0 Å². The quantitative estimate of drug-likeness (QED) is 0.0260. The molecule has 0 unspecified atom stereocenters. The van der Waals surface area contributed by atoms with Crippen molar-refractivity contribution in [2.24, 2.45) is 34.4 Å². The van der Waals surface area contributed by atoms with Crippen molar-refractivity contribution in [3.05, 3.63) is 75.4 Å². The molecule has 2 aliphatic rings. The Morgan fingerprint density at radius 1 is 0.571 bits per heavy atom. The van der Waals surface area contributed by atoms with E-state index in [-0.39, 0.29) is 41.3 Å². The number of hydrogen-bond acceptors (Lipinski definition) is 14. The number of rotatable bonds is 42. The molecule has 5 rings (SSSR count). The van der Waals surface area contributed by atoms with Crippen LogP contribution in [0.15, 0.2) is 24.8 Å². The van der Waals surface area contributed by atoms with Gasteiger partial charge in [-0.3, -0.25) is 19.4 Å². The SMILES string of the molecule is C=Cc1c(C)c2cc3nc(c(C(=O)NCCCCN(CCCN)CCCCCN)c4nc(cc5[nH]c(cc1[nH]2)c(C)c5CC)C(C)=C4C(=O)NCCCCN(CCCN)CCCCN)[C@@H](CCC(=O)NCCN(CCCN)CCCCN)[C@@H]3C. The van der Waals surface area contributed by atoms with E-state index in [2.05, 4.69) is 87.0 Å². The Labute approximate surface area is 503 Å². The monoisotopic (exact) mass is 1160 g/mol. The number of fused-ring (bicyclic) bond motifs is 8. The molecule has 3 aromatic heterocycles. The molecule has 0 saturated heterocycles. The number of aromatic nitrogens is 4. The van der Waals surface area contributed by atoms with Crippen LogP contribution in [-0.4, -0.2) is 170 Å². The first-order valence-electron chi connectivity index (χ1n) is 32.1. The zero-order chi connectivity index (χ0) is 60.8. The third-order valence-corrected chi connectivity index (χ3v) is 17.0. The van der Waals surface area contributed by atoms with Crippen molar-refractivity contribution in [1.82, 2.24) is 50.6 Å². The van der Waals surface area contributed by atoms with Gasteiger partial charge in [0.1, 0.15) is 0 Å². The van der Waals surface area contributed by atoms with Crippen molar-refractivity contribution >= 4 is 57.0 Å². The molecule has 0 saturated carbocycles. The van der Waals surface area contributed by atoms with Gasteiger partial charge in [-0.25, -0.2) is 4.98 Å². The van der Waals surface area contributed by atoms with Gasteiger partial charge in [-0.2, -0.15) is 0 Å². The highest BCUT2D eigenvalue weighted by Crippen LogP contribution is 2.44. The fourth-order valence-corrected chi connectivity index (χ4v) is 11.9. The number of carbonyl (C=O) groups excluding carboxylic acids is 3. The number of nitrogens with zero attached hydrogens (tertiary/aromatic N) is 5. The van der Waals surface area contributed by atoms with E-state index in [1.54, 1.807) is 0 Å². The van der Waals surface area contributed by atoms with E-state index in [1.807, 2.05) is 19.1 Å². The Morgan fingerprint density at radius 3 is 1.63 bits per heavy atom. The summed E-state index contributed by atoms with van der Waals surface area (Å²) in [6.45, 7) is 27.9. The summed E-state index contributed by atoms with van der Waals surface area (Å²) in [6.07, 6.45) is 16.3. The lowest BCUT2D eigenvalue weighted by molar-refractivity contribution is -0.121. The standard InChI is InChI=1S/C65H110N16O3/c1-7-50-46(3)53-43-55-48(5)52(23-24-59(82)72-33-42-81(41-22-30-71)36-17-12-27-68)62(77-55)61(65(84)74-32-14-19-37-79(39-20-28-69)34-15-9-10-25-66)63-60(64(83)73-31-13-18-38-80(40-21-29-70)35-16-11-26-67)49(6)56(78-63)45-58-51(8-2)47(4)54(76-58)44-57(50)75-53/h7,43-45,48,52,75-76H,1,8-42,66-71H2,2-6H3,(H,72,82)(H,73,83)(H,74,84)/t48-,52-/m0/s1. The van der Waals surface area contributed by atoms with Crippen LogP contribution in [0.25, 0.3) is 39.3 Å². The van der Waals surface area contributed by atoms with E-state index in [1.165, 1.54) is 0 Å². The first-order valence-corrected chi connectivity index (χ1v) is 32.1. The molecule has 0 radical (unpaired) electrons. The van der Waals surface area contributed by atoms with Crippen molar-refractivity contribution in [2.45, 2.75) is 156 Å². The minimum Gasteiger partial charge on any atom is -0.355 e. The Kier molecular flexibility index (Phi) is 31.4. The van der Waals surface area contributed by atoms with Gasteiger partial charge in [0.15, 0.2) is 0 Å². The molecule has 17 N–H and O–H groups in total. The maximum Gasteiger partial charge on any atom is 0.255 e. The van der Waals surface area contributed by atoms with E-state index in [4.69, 9.17) is 44.4 Å². The summed E-state index contributed by atoms with van der Waals surface area (Å²) in [5, 5.41) is 9.79. The Balaban J connectivity index is 1.65. The number of nitrogens with one attached hydrogen (secondary N) is 5. The van der Waals surface area contributed by atoms with Gasteiger partial charge in [-0.15, -0.1) is 0 Å². The largest absolute Gasteiger partial charge is 0.355 e. The maximum absolute atomic E-state index is 15.6. The van der Waals surface area contributed by atoms with Gasteiger partial charge in [0.25, 0.3) is 11.8 Å². The van der Waals surface area contributed by atoms with Crippen LogP contribution in [0, 0.1) is 13.8 Å². The molecule has 0 fully saturated rings. The third kappa shape index (κ3) is 20.7. The Morgan fingerprint density at radius 2 is 1.07 bits per heavy atom. The lowest BCUT2D eigenvalue weighted by Crippen LogP contribution is -2.36. The second kappa shape index (κ2) is 37.9. The third-order valence-electron chi connectivity index (χ3n) is 17.0. The van der Waals surface area contributed by atoms with Crippen molar-refractivity contribution in [1.29, 1.82) is 0 Å². The van der Waals surface area contributed by atoms with Gasteiger partial charge in [-0.05, 0) is 249 Å². The molecular formula is C65H110N16O3. The van der Waals surface area contributed by atoms with Crippen LogP contribution in [0.1, 0.15) is 191 Å². The predicted molar refractivity (Wildman–Crippen MR) is 349 cm³/mol. The fourth-order valence-electron chi connectivity index (χ4n) is 11.9. The van der Waals surface area contributed by atoms with Crippen molar-refractivity contribution in [3.63, 3.8) is 0 Å². The van der Waals surface area contributed by atoms with Crippen LogP contribution in [-0.2, 0) is 16.0 Å². The van der Waals surface area contributed by atoms with Gasteiger partial charge in [0.05, 0.1) is 28.2 Å². The number of nitrogens with two attached hydrogens (primary N) is 6. The molecular weight excluding hydrogens is 1050 g/mol. The number of H-pyrrole nitrogens is 2. The highest BCUT2D eigenvalue weighted by atomic mass is 16.2. The zero-order valence-electron chi connectivity index (χ0n) is 52.3. The molecule has 5 heterocycles. The highest BCUT2D eigenvalue weighted by molar-refractivity contribution is 6.29. The summed E-state index contributed by atoms with van der Waals surface area (Å²) in [6, 6.07) is 6.24. The Hall–Kier alpha value is -5.35. The van der Waals surface area contributed by atoms with E-state index in [0.29, 0.717) is 94.4 Å². The van der Waals surface area contributed by atoms with Crippen molar-refractivity contribution in [3.8, 4) is 0 Å². The van der Waals surface area contributed by atoms with E-state index in [0.717, 1.165) is 199 Å². The number of aromatic amines is 2. The van der Waals surface area contributed by atoms with E-state index >= 15 is 9.59 Å². The van der Waals surface area contributed by atoms with E-state index < -0.39 is 5.92 Å². The number of unbranched alkanes of at least 4 members (excludes halogenated alkanes) is 6. The lowest BCUT2D eigenvalue weighted by Gasteiger charge is -2.22. The van der Waals surface area contributed by atoms with Crippen LogP contribution in [0.2, 0.25) is 0 Å².